The van der Waals surface area contributed by atoms with Gasteiger partial charge in [0.15, 0.2) is 0 Å². The average molecular weight is 335 g/mol. The molecule has 0 saturated heterocycles. The smallest absolute Gasteiger partial charge is 0.258 e. The number of non-ortho nitro benzene ring substituents is 1. The molecule has 2 rings (SSSR count). The van der Waals surface area contributed by atoms with E-state index in [9.17, 15) is 18.5 Å². The molecule has 0 fully saturated rings. The van der Waals surface area contributed by atoms with Crippen LogP contribution < -0.4 is 5.14 Å². The maximum absolute atomic E-state index is 11.7. The van der Waals surface area contributed by atoms with Gasteiger partial charge >= 0.3 is 0 Å². The van der Waals surface area contributed by atoms with Crippen molar-refractivity contribution in [2.24, 2.45) is 5.14 Å². The van der Waals surface area contributed by atoms with Gasteiger partial charge in [0.05, 0.1) is 4.92 Å². The van der Waals surface area contributed by atoms with Gasteiger partial charge in [-0.05, 0) is 17.5 Å². The summed E-state index contributed by atoms with van der Waals surface area (Å²) in [5.74, 6) is 0. The van der Waals surface area contributed by atoms with Crippen LogP contribution >= 0.6 is 0 Å². The molecule has 2 aromatic carbocycles. The molecular weight excluding hydrogens is 318 g/mol. The number of rotatable bonds is 7. The standard InChI is InChI=1S/C15H17N3O4S/c16-23(21,22)17(12-14-4-2-1-3-5-14)11-10-13-6-8-15(9-7-13)18(19)20/h1-9H,10-12H2,(H2,16,21,22). The minimum Gasteiger partial charge on any atom is -0.258 e. The summed E-state index contributed by atoms with van der Waals surface area (Å²) in [6.07, 6.45) is 0.418. The molecule has 0 aromatic heterocycles. The van der Waals surface area contributed by atoms with E-state index in [4.69, 9.17) is 5.14 Å². The topological polar surface area (TPSA) is 107 Å². The molecule has 0 amide bonds. The van der Waals surface area contributed by atoms with Gasteiger partial charge in [-0.25, -0.2) is 5.14 Å². The van der Waals surface area contributed by atoms with E-state index in [1.165, 1.54) is 16.4 Å². The second-order valence-electron chi connectivity index (χ2n) is 5.04. The molecule has 23 heavy (non-hydrogen) atoms. The van der Waals surface area contributed by atoms with E-state index >= 15 is 0 Å². The first-order chi connectivity index (χ1) is 10.9. The zero-order valence-corrected chi connectivity index (χ0v) is 13.1. The fourth-order valence-corrected chi connectivity index (χ4v) is 2.80. The summed E-state index contributed by atoms with van der Waals surface area (Å²) < 4.78 is 24.6. The fraction of sp³-hybridized carbons (Fsp3) is 0.200. The summed E-state index contributed by atoms with van der Waals surface area (Å²) in [5.41, 5.74) is 1.64. The van der Waals surface area contributed by atoms with Gasteiger partial charge in [-0.2, -0.15) is 12.7 Å². The molecule has 8 heteroatoms. The van der Waals surface area contributed by atoms with Crippen LogP contribution in [0.2, 0.25) is 0 Å². The normalized spacial score (nSPS) is 11.6. The lowest BCUT2D eigenvalue weighted by Gasteiger charge is -2.19. The predicted octanol–water partition coefficient (Wildman–Crippen LogP) is 1.84. The van der Waals surface area contributed by atoms with E-state index in [2.05, 4.69) is 0 Å². The van der Waals surface area contributed by atoms with Crippen LogP contribution in [0, 0.1) is 10.1 Å². The first-order valence-electron chi connectivity index (χ1n) is 6.91. The van der Waals surface area contributed by atoms with E-state index in [0.29, 0.717) is 6.42 Å². The Bertz CT molecular complexity index is 761. The molecule has 2 aromatic rings. The van der Waals surface area contributed by atoms with Crippen molar-refractivity contribution >= 4 is 15.9 Å². The molecule has 2 N–H and O–H groups in total. The Morgan fingerprint density at radius 1 is 1.00 bits per heavy atom. The second-order valence-corrected chi connectivity index (χ2v) is 6.58. The van der Waals surface area contributed by atoms with Gasteiger partial charge in [0.25, 0.3) is 15.9 Å². The highest BCUT2D eigenvalue weighted by Gasteiger charge is 2.17. The Balaban J connectivity index is 2.05. The van der Waals surface area contributed by atoms with Gasteiger partial charge in [0.1, 0.15) is 0 Å². The van der Waals surface area contributed by atoms with Gasteiger partial charge in [-0.15, -0.1) is 0 Å². The number of nitrogens with two attached hydrogens (primary N) is 1. The Morgan fingerprint density at radius 3 is 2.13 bits per heavy atom. The van der Waals surface area contributed by atoms with Crippen LogP contribution in [-0.2, 0) is 23.2 Å². The van der Waals surface area contributed by atoms with Crippen molar-refractivity contribution in [2.45, 2.75) is 13.0 Å². The van der Waals surface area contributed by atoms with Crippen LogP contribution in [0.5, 0.6) is 0 Å². The van der Waals surface area contributed by atoms with E-state index in [1.807, 2.05) is 30.3 Å². The molecule has 0 aliphatic heterocycles. The number of benzene rings is 2. The molecule has 122 valence electrons. The van der Waals surface area contributed by atoms with Crippen LogP contribution in [0.4, 0.5) is 5.69 Å². The van der Waals surface area contributed by atoms with E-state index in [1.54, 1.807) is 12.1 Å². The van der Waals surface area contributed by atoms with Crippen LogP contribution in [-0.4, -0.2) is 24.2 Å². The quantitative estimate of drug-likeness (QED) is 0.615. The van der Waals surface area contributed by atoms with E-state index in [-0.39, 0.29) is 18.8 Å². The van der Waals surface area contributed by atoms with Crippen molar-refractivity contribution < 1.29 is 13.3 Å². The first-order valence-corrected chi connectivity index (χ1v) is 8.42. The molecule has 7 nitrogen and oxygen atoms in total. The number of nitro groups is 1. The molecule has 0 unspecified atom stereocenters. The third-order valence-corrected chi connectivity index (χ3v) is 4.39. The summed E-state index contributed by atoms with van der Waals surface area (Å²) in [6, 6.07) is 15.2. The van der Waals surface area contributed by atoms with Crippen molar-refractivity contribution in [3.63, 3.8) is 0 Å². The van der Waals surface area contributed by atoms with Gasteiger partial charge < -0.3 is 0 Å². The molecule has 0 spiro atoms. The molecule has 0 radical (unpaired) electrons. The number of hydrogen-bond acceptors (Lipinski definition) is 4. The minimum atomic E-state index is -3.83. The molecule has 0 bridgehead atoms. The minimum absolute atomic E-state index is 0.00124. The van der Waals surface area contributed by atoms with Crippen molar-refractivity contribution in [2.75, 3.05) is 6.54 Å². The monoisotopic (exact) mass is 335 g/mol. The van der Waals surface area contributed by atoms with Crippen LogP contribution in [0.25, 0.3) is 0 Å². The Hall–Kier alpha value is -2.29. The lowest BCUT2D eigenvalue weighted by Crippen LogP contribution is -2.37. The first kappa shape index (κ1) is 17.1. The zero-order chi connectivity index (χ0) is 16.9. The highest BCUT2D eigenvalue weighted by molar-refractivity contribution is 7.86. The number of nitrogens with zero attached hydrogens (tertiary/aromatic N) is 2. The lowest BCUT2D eigenvalue weighted by atomic mass is 10.1. The van der Waals surface area contributed by atoms with Crippen molar-refractivity contribution in [1.82, 2.24) is 4.31 Å². The molecule has 0 aliphatic rings. The molecule has 0 saturated carbocycles. The van der Waals surface area contributed by atoms with Gasteiger partial charge in [-0.3, -0.25) is 10.1 Å². The van der Waals surface area contributed by atoms with Crippen LogP contribution in [0.3, 0.4) is 0 Å². The lowest BCUT2D eigenvalue weighted by molar-refractivity contribution is -0.384. The van der Waals surface area contributed by atoms with E-state index < -0.39 is 15.1 Å². The Morgan fingerprint density at radius 2 is 1.61 bits per heavy atom. The summed E-state index contributed by atoms with van der Waals surface area (Å²) in [6.45, 7) is 0.387. The average Bonchev–Trinajstić information content (AvgIpc) is 2.51. The van der Waals surface area contributed by atoms with Crippen molar-refractivity contribution in [3.8, 4) is 0 Å². The summed E-state index contributed by atoms with van der Waals surface area (Å²) in [5, 5.41) is 15.9. The second kappa shape index (κ2) is 7.32. The maximum Gasteiger partial charge on any atom is 0.277 e. The number of nitro benzene ring substituents is 1. The summed E-state index contributed by atoms with van der Waals surface area (Å²) in [7, 11) is -3.83. The largest absolute Gasteiger partial charge is 0.277 e. The highest BCUT2D eigenvalue weighted by atomic mass is 32.2. The highest BCUT2D eigenvalue weighted by Crippen LogP contribution is 2.14. The summed E-state index contributed by atoms with van der Waals surface area (Å²) in [4.78, 5) is 10.1. The Kier molecular flexibility index (Phi) is 5.43. The van der Waals surface area contributed by atoms with E-state index in [0.717, 1.165) is 11.1 Å². The molecular formula is C15H17N3O4S. The third kappa shape index (κ3) is 5.13. The molecule has 0 aliphatic carbocycles. The SMILES string of the molecule is NS(=O)(=O)N(CCc1ccc([N+](=O)[O-])cc1)Cc1ccccc1. The fourth-order valence-electron chi connectivity index (χ4n) is 2.12. The Labute approximate surface area is 134 Å². The van der Waals surface area contributed by atoms with Gasteiger partial charge in [-0.1, -0.05) is 42.5 Å². The van der Waals surface area contributed by atoms with Crippen molar-refractivity contribution in [1.29, 1.82) is 0 Å². The maximum atomic E-state index is 11.7. The summed E-state index contributed by atoms with van der Waals surface area (Å²) >= 11 is 0. The third-order valence-electron chi connectivity index (χ3n) is 3.36. The van der Waals surface area contributed by atoms with Crippen LogP contribution in [0.15, 0.2) is 54.6 Å². The zero-order valence-electron chi connectivity index (χ0n) is 12.3. The van der Waals surface area contributed by atoms with Gasteiger partial charge in [0, 0.05) is 25.2 Å². The molecule has 0 atom stereocenters. The predicted molar refractivity (Wildman–Crippen MR) is 86.8 cm³/mol. The van der Waals surface area contributed by atoms with Crippen molar-refractivity contribution in [3.05, 3.63) is 75.8 Å². The van der Waals surface area contributed by atoms with Gasteiger partial charge in [0.2, 0.25) is 0 Å². The molecule has 0 heterocycles. The number of hydrogen-bond donors (Lipinski definition) is 1. The van der Waals surface area contributed by atoms with Crippen LogP contribution in [0.1, 0.15) is 11.1 Å².